The molecule has 2 aromatic carbocycles. The minimum Gasteiger partial charge on any atom is -0.497 e. The number of hydrogen-bond donors (Lipinski definition) is 2. The van der Waals surface area contributed by atoms with Crippen LogP contribution in [0.25, 0.3) is 0 Å². The van der Waals surface area contributed by atoms with Gasteiger partial charge in [0.25, 0.3) is 5.91 Å². The number of ether oxygens (including phenoxy) is 2. The van der Waals surface area contributed by atoms with E-state index in [9.17, 15) is 4.79 Å². The van der Waals surface area contributed by atoms with Gasteiger partial charge in [-0.1, -0.05) is 18.2 Å². The zero-order valence-electron chi connectivity index (χ0n) is 16.1. The fourth-order valence-electron chi connectivity index (χ4n) is 3.54. The van der Waals surface area contributed by atoms with Gasteiger partial charge in [0, 0.05) is 24.7 Å². The summed E-state index contributed by atoms with van der Waals surface area (Å²) in [6.07, 6.45) is 3.06. The second-order valence-corrected chi connectivity index (χ2v) is 6.85. The van der Waals surface area contributed by atoms with Crippen molar-refractivity contribution in [1.82, 2.24) is 10.6 Å². The van der Waals surface area contributed by atoms with E-state index in [1.165, 1.54) is 18.4 Å². The quantitative estimate of drug-likeness (QED) is 0.788. The lowest BCUT2D eigenvalue weighted by Gasteiger charge is -2.23. The lowest BCUT2D eigenvalue weighted by molar-refractivity contribution is 0.0954. The predicted molar refractivity (Wildman–Crippen MR) is 107 cm³/mol. The third kappa shape index (κ3) is 5.01. The van der Waals surface area contributed by atoms with Gasteiger partial charge in [-0.25, -0.2) is 0 Å². The van der Waals surface area contributed by atoms with E-state index in [2.05, 4.69) is 16.7 Å². The average Bonchev–Trinajstić information content (AvgIpc) is 2.74. The van der Waals surface area contributed by atoms with Crippen molar-refractivity contribution in [2.75, 3.05) is 33.9 Å². The predicted octanol–water partition coefficient (Wildman–Crippen LogP) is 3.14. The number of amides is 1. The second kappa shape index (κ2) is 9.42. The van der Waals surface area contributed by atoms with Crippen LogP contribution in [0.2, 0.25) is 0 Å². The van der Waals surface area contributed by atoms with Crippen molar-refractivity contribution in [3.05, 3.63) is 59.2 Å². The van der Waals surface area contributed by atoms with Crippen LogP contribution in [0.15, 0.2) is 42.5 Å². The van der Waals surface area contributed by atoms with Gasteiger partial charge in [-0.05, 0) is 61.1 Å². The van der Waals surface area contributed by atoms with Crippen LogP contribution in [0.3, 0.4) is 0 Å². The largest absolute Gasteiger partial charge is 0.497 e. The van der Waals surface area contributed by atoms with Gasteiger partial charge in [0.15, 0.2) is 0 Å². The Kier molecular flexibility index (Phi) is 6.71. The highest BCUT2D eigenvalue weighted by Gasteiger charge is 2.16. The first-order chi connectivity index (χ1) is 13.2. The van der Waals surface area contributed by atoms with Crippen molar-refractivity contribution in [2.24, 2.45) is 0 Å². The highest BCUT2D eigenvalue weighted by molar-refractivity contribution is 5.94. The Morgan fingerprint density at radius 2 is 2.07 bits per heavy atom. The van der Waals surface area contributed by atoms with Gasteiger partial charge in [0.2, 0.25) is 0 Å². The number of benzene rings is 2. The number of carbonyl (C=O) groups is 1. The van der Waals surface area contributed by atoms with Gasteiger partial charge in [-0.3, -0.25) is 4.79 Å². The molecule has 0 saturated carbocycles. The van der Waals surface area contributed by atoms with Crippen LogP contribution in [-0.2, 0) is 6.42 Å². The topological polar surface area (TPSA) is 59.6 Å². The molecule has 1 aliphatic heterocycles. The second-order valence-electron chi connectivity index (χ2n) is 6.85. The molecule has 2 N–H and O–H groups in total. The molecule has 0 bridgehead atoms. The van der Waals surface area contributed by atoms with Crippen LogP contribution in [0.1, 0.15) is 40.2 Å². The smallest absolute Gasteiger partial charge is 0.251 e. The zero-order valence-corrected chi connectivity index (χ0v) is 16.1. The lowest BCUT2D eigenvalue weighted by Crippen LogP contribution is -2.29. The van der Waals surface area contributed by atoms with E-state index in [1.807, 2.05) is 36.4 Å². The fourth-order valence-corrected chi connectivity index (χ4v) is 3.54. The van der Waals surface area contributed by atoms with Crippen molar-refractivity contribution in [3.63, 3.8) is 0 Å². The molecule has 0 unspecified atom stereocenters. The summed E-state index contributed by atoms with van der Waals surface area (Å²) in [4.78, 5) is 12.5. The number of carbonyl (C=O) groups excluding carboxylic acids is 1. The number of piperidine rings is 1. The maximum Gasteiger partial charge on any atom is 0.251 e. The van der Waals surface area contributed by atoms with Gasteiger partial charge in [0.05, 0.1) is 14.2 Å². The molecule has 1 heterocycles. The van der Waals surface area contributed by atoms with Crippen LogP contribution >= 0.6 is 0 Å². The van der Waals surface area contributed by atoms with E-state index in [0.717, 1.165) is 35.7 Å². The van der Waals surface area contributed by atoms with Gasteiger partial charge < -0.3 is 20.1 Å². The number of methoxy groups -OCH3 is 2. The monoisotopic (exact) mass is 368 g/mol. The summed E-state index contributed by atoms with van der Waals surface area (Å²) < 4.78 is 10.6. The molecule has 1 saturated heterocycles. The molecule has 1 atom stereocenters. The Labute approximate surface area is 161 Å². The molecule has 0 aliphatic carbocycles. The maximum atomic E-state index is 12.5. The molecular weight excluding hydrogens is 340 g/mol. The average molecular weight is 368 g/mol. The molecule has 2 aromatic rings. The molecule has 27 heavy (non-hydrogen) atoms. The molecule has 0 radical (unpaired) electrons. The maximum absolute atomic E-state index is 12.5. The molecule has 1 aliphatic rings. The normalized spacial score (nSPS) is 16.6. The Hall–Kier alpha value is -2.53. The van der Waals surface area contributed by atoms with E-state index < -0.39 is 0 Å². The lowest BCUT2D eigenvalue weighted by atomic mass is 9.90. The van der Waals surface area contributed by atoms with Crippen LogP contribution < -0.4 is 20.1 Å². The molecule has 0 spiro atoms. The van der Waals surface area contributed by atoms with Crippen LogP contribution in [-0.4, -0.2) is 39.8 Å². The molecule has 3 rings (SSSR count). The molecule has 144 valence electrons. The summed E-state index contributed by atoms with van der Waals surface area (Å²) in [5, 5.41) is 6.45. The Balaban J connectivity index is 1.58. The molecule has 0 aromatic heterocycles. The van der Waals surface area contributed by atoms with Crippen molar-refractivity contribution < 1.29 is 14.3 Å². The van der Waals surface area contributed by atoms with Gasteiger partial charge in [-0.15, -0.1) is 0 Å². The Bertz CT molecular complexity index is 770. The van der Waals surface area contributed by atoms with Gasteiger partial charge >= 0.3 is 0 Å². The summed E-state index contributed by atoms with van der Waals surface area (Å²) in [5.74, 6) is 1.99. The summed E-state index contributed by atoms with van der Waals surface area (Å²) in [7, 11) is 3.27. The van der Waals surface area contributed by atoms with Crippen molar-refractivity contribution in [1.29, 1.82) is 0 Å². The Morgan fingerprint density at radius 1 is 1.19 bits per heavy atom. The highest BCUT2D eigenvalue weighted by atomic mass is 16.5. The number of rotatable bonds is 7. The number of nitrogens with one attached hydrogen (secondary N) is 2. The Morgan fingerprint density at radius 3 is 2.81 bits per heavy atom. The van der Waals surface area contributed by atoms with E-state index in [0.29, 0.717) is 18.9 Å². The third-order valence-electron chi connectivity index (χ3n) is 5.09. The molecule has 1 fully saturated rings. The summed E-state index contributed by atoms with van der Waals surface area (Å²) in [5.41, 5.74) is 3.01. The summed E-state index contributed by atoms with van der Waals surface area (Å²) in [6.45, 7) is 2.63. The summed E-state index contributed by atoms with van der Waals surface area (Å²) >= 11 is 0. The fraction of sp³-hybridized carbons (Fsp3) is 0.409. The van der Waals surface area contributed by atoms with Crippen molar-refractivity contribution in [2.45, 2.75) is 25.2 Å². The van der Waals surface area contributed by atoms with Crippen LogP contribution in [0.5, 0.6) is 11.5 Å². The van der Waals surface area contributed by atoms with Crippen molar-refractivity contribution in [3.8, 4) is 11.5 Å². The van der Waals surface area contributed by atoms with Gasteiger partial charge in [-0.2, -0.15) is 0 Å². The summed E-state index contributed by atoms with van der Waals surface area (Å²) in [6, 6.07) is 13.7. The van der Waals surface area contributed by atoms with Crippen molar-refractivity contribution >= 4 is 5.91 Å². The standard InChI is InChI=1S/C22H28N2O3/c1-26-20-9-8-16(21(14-20)27-2)10-12-24-22(25)18-6-3-5-17(13-18)19-7-4-11-23-15-19/h3,5-6,8-9,13-14,19,23H,4,7,10-12,15H2,1-2H3,(H,24,25)/t19-/m0/s1. The molecule has 1 amide bonds. The van der Waals surface area contributed by atoms with Crippen LogP contribution in [0, 0.1) is 0 Å². The molecule has 5 heteroatoms. The van der Waals surface area contributed by atoms with Crippen LogP contribution in [0.4, 0.5) is 0 Å². The van der Waals surface area contributed by atoms with E-state index in [4.69, 9.17) is 9.47 Å². The minimum absolute atomic E-state index is 0.0342. The highest BCUT2D eigenvalue weighted by Crippen LogP contribution is 2.25. The third-order valence-corrected chi connectivity index (χ3v) is 5.09. The molecule has 5 nitrogen and oxygen atoms in total. The first-order valence-electron chi connectivity index (χ1n) is 9.51. The SMILES string of the molecule is COc1ccc(CCNC(=O)c2cccc([C@H]3CCCNC3)c2)c(OC)c1. The van der Waals surface area contributed by atoms with E-state index in [-0.39, 0.29) is 5.91 Å². The number of hydrogen-bond acceptors (Lipinski definition) is 4. The zero-order chi connectivity index (χ0) is 19.1. The first kappa shape index (κ1) is 19.2. The minimum atomic E-state index is -0.0342. The van der Waals surface area contributed by atoms with E-state index >= 15 is 0 Å². The first-order valence-corrected chi connectivity index (χ1v) is 9.51. The molecular formula is C22H28N2O3. The van der Waals surface area contributed by atoms with E-state index in [1.54, 1.807) is 14.2 Å². The van der Waals surface area contributed by atoms with Gasteiger partial charge in [0.1, 0.15) is 11.5 Å².